The topological polar surface area (TPSA) is 85.3 Å². The Labute approximate surface area is 135 Å². The second kappa shape index (κ2) is 6.91. The number of carbonyl (C=O) groups is 1. The monoisotopic (exact) mass is 314 g/mol. The van der Waals surface area contributed by atoms with Gasteiger partial charge in [0.2, 0.25) is 11.8 Å². The van der Waals surface area contributed by atoms with Crippen molar-refractivity contribution >= 4 is 5.91 Å². The highest BCUT2D eigenvalue weighted by Gasteiger charge is 2.24. The zero-order chi connectivity index (χ0) is 16.2. The average Bonchev–Trinajstić information content (AvgIpc) is 3.17. The second-order valence-electron chi connectivity index (χ2n) is 6.12. The fraction of sp³-hybridized carbons (Fsp3) is 0.471. The van der Waals surface area contributed by atoms with E-state index in [4.69, 9.17) is 10.3 Å². The van der Waals surface area contributed by atoms with E-state index < -0.39 is 0 Å². The number of hydrogen-bond donors (Lipinski definition) is 1. The number of nitrogens with two attached hydrogens (primary N) is 1. The van der Waals surface area contributed by atoms with Crippen LogP contribution >= 0.6 is 0 Å². The van der Waals surface area contributed by atoms with Gasteiger partial charge in [-0.2, -0.15) is 4.98 Å². The molecule has 0 bridgehead atoms. The molecule has 2 aromatic rings. The zero-order valence-electron chi connectivity index (χ0n) is 13.4. The summed E-state index contributed by atoms with van der Waals surface area (Å²) in [7, 11) is 0. The van der Waals surface area contributed by atoms with Crippen LogP contribution in [0.15, 0.2) is 28.8 Å². The molecule has 2 N–H and O–H groups in total. The highest BCUT2D eigenvalue weighted by atomic mass is 16.5. The molecule has 1 atom stereocenters. The van der Waals surface area contributed by atoms with Crippen LogP contribution in [0.5, 0.6) is 0 Å². The summed E-state index contributed by atoms with van der Waals surface area (Å²) in [4.78, 5) is 18.0. The molecule has 1 saturated heterocycles. The highest BCUT2D eigenvalue weighted by Crippen LogP contribution is 2.22. The molecule has 0 spiro atoms. The fourth-order valence-electron chi connectivity index (χ4n) is 3.10. The third-order valence-electron chi connectivity index (χ3n) is 4.29. The Morgan fingerprint density at radius 3 is 3.09 bits per heavy atom. The predicted octanol–water partition coefficient (Wildman–Crippen LogP) is 1.80. The van der Waals surface area contributed by atoms with E-state index in [1.165, 1.54) is 5.56 Å². The molecule has 0 aliphatic carbocycles. The number of aryl methyl sites for hydroxylation is 1. The smallest absolute Gasteiger partial charge is 0.248 e. The Morgan fingerprint density at radius 1 is 1.48 bits per heavy atom. The van der Waals surface area contributed by atoms with E-state index in [9.17, 15) is 4.79 Å². The first-order valence-electron chi connectivity index (χ1n) is 8.06. The molecule has 0 saturated carbocycles. The molecule has 23 heavy (non-hydrogen) atoms. The van der Waals surface area contributed by atoms with E-state index in [-0.39, 0.29) is 5.91 Å². The average molecular weight is 314 g/mol. The molecule has 1 aromatic carbocycles. The van der Waals surface area contributed by atoms with Gasteiger partial charge in [-0.1, -0.05) is 24.2 Å². The standard InChI is InChI=1S/C17H22N4O2/c1-2-15-19-16(23-20-15)11-21-7-6-13(10-21)8-12-4-3-5-14(9-12)17(18)22/h3-5,9,13H,2,6-8,10-11H2,1H3,(H2,18,22)/t13-/m0/s1. The first kappa shape index (κ1) is 15.7. The van der Waals surface area contributed by atoms with Gasteiger partial charge in [-0.15, -0.1) is 0 Å². The van der Waals surface area contributed by atoms with Crippen molar-refractivity contribution in [1.29, 1.82) is 0 Å². The normalized spacial score (nSPS) is 18.4. The lowest BCUT2D eigenvalue weighted by Gasteiger charge is -2.13. The third-order valence-corrected chi connectivity index (χ3v) is 4.29. The molecule has 122 valence electrons. The molecule has 1 amide bonds. The summed E-state index contributed by atoms with van der Waals surface area (Å²) in [5.41, 5.74) is 7.09. The Hall–Kier alpha value is -2.21. The van der Waals surface area contributed by atoms with Crippen LogP contribution in [0.1, 0.15) is 41.0 Å². The molecule has 1 fully saturated rings. The van der Waals surface area contributed by atoms with Gasteiger partial charge in [0.05, 0.1) is 6.54 Å². The van der Waals surface area contributed by atoms with Gasteiger partial charge in [0, 0.05) is 18.5 Å². The number of nitrogens with zero attached hydrogens (tertiary/aromatic N) is 3. The molecule has 2 heterocycles. The zero-order valence-corrected chi connectivity index (χ0v) is 13.4. The minimum atomic E-state index is -0.372. The Kier molecular flexibility index (Phi) is 4.71. The summed E-state index contributed by atoms with van der Waals surface area (Å²) >= 11 is 0. The van der Waals surface area contributed by atoms with Gasteiger partial charge in [0.15, 0.2) is 5.82 Å². The summed E-state index contributed by atoms with van der Waals surface area (Å²) in [6.45, 7) is 4.76. The molecule has 1 aliphatic heterocycles. The SMILES string of the molecule is CCc1noc(CN2CC[C@@H](Cc3cccc(C(N)=O)c3)C2)n1. The molecule has 0 radical (unpaired) electrons. The second-order valence-corrected chi connectivity index (χ2v) is 6.12. The van der Waals surface area contributed by atoms with Crippen LogP contribution < -0.4 is 5.73 Å². The molecule has 1 aliphatic rings. The Morgan fingerprint density at radius 2 is 2.35 bits per heavy atom. The highest BCUT2D eigenvalue weighted by molar-refractivity contribution is 5.92. The van der Waals surface area contributed by atoms with Crippen molar-refractivity contribution in [1.82, 2.24) is 15.0 Å². The molecule has 3 rings (SSSR count). The summed E-state index contributed by atoms with van der Waals surface area (Å²) in [5, 5.41) is 3.93. The predicted molar refractivity (Wildman–Crippen MR) is 85.7 cm³/mol. The van der Waals surface area contributed by atoms with E-state index in [1.54, 1.807) is 6.07 Å². The number of benzene rings is 1. The van der Waals surface area contributed by atoms with Gasteiger partial charge in [-0.3, -0.25) is 9.69 Å². The Bertz CT molecular complexity index is 683. The van der Waals surface area contributed by atoms with E-state index in [0.717, 1.165) is 38.2 Å². The van der Waals surface area contributed by atoms with Gasteiger partial charge < -0.3 is 10.3 Å². The summed E-state index contributed by atoms with van der Waals surface area (Å²) in [6, 6.07) is 7.61. The first-order chi connectivity index (χ1) is 11.1. The van der Waals surface area contributed by atoms with E-state index >= 15 is 0 Å². The molecular weight excluding hydrogens is 292 g/mol. The van der Waals surface area contributed by atoms with Gasteiger partial charge in [0.25, 0.3) is 0 Å². The van der Waals surface area contributed by atoms with Gasteiger partial charge in [-0.25, -0.2) is 0 Å². The number of amides is 1. The van der Waals surface area contributed by atoms with Crippen molar-refractivity contribution in [2.24, 2.45) is 11.7 Å². The lowest BCUT2D eigenvalue weighted by Crippen LogP contribution is -2.21. The minimum Gasteiger partial charge on any atom is -0.366 e. The largest absolute Gasteiger partial charge is 0.366 e. The van der Waals surface area contributed by atoms with Crippen LogP contribution in [-0.4, -0.2) is 34.0 Å². The third kappa shape index (κ3) is 3.96. The van der Waals surface area contributed by atoms with Crippen LogP contribution in [0.3, 0.4) is 0 Å². The van der Waals surface area contributed by atoms with Crippen molar-refractivity contribution in [3.63, 3.8) is 0 Å². The van der Waals surface area contributed by atoms with Crippen molar-refractivity contribution in [3.8, 4) is 0 Å². The summed E-state index contributed by atoms with van der Waals surface area (Å²) in [6.07, 6.45) is 2.89. The number of rotatable bonds is 6. The van der Waals surface area contributed by atoms with Crippen LogP contribution in [0, 0.1) is 5.92 Å². The fourth-order valence-corrected chi connectivity index (χ4v) is 3.10. The van der Waals surface area contributed by atoms with Crippen molar-refractivity contribution < 1.29 is 9.32 Å². The summed E-state index contributed by atoms with van der Waals surface area (Å²) in [5.74, 6) is 1.66. The number of likely N-dealkylation sites (tertiary alicyclic amines) is 1. The molecular formula is C17H22N4O2. The van der Waals surface area contributed by atoms with E-state index in [0.29, 0.717) is 23.9 Å². The lowest BCUT2D eigenvalue weighted by atomic mass is 9.97. The molecule has 6 heteroatoms. The number of primary amides is 1. The number of carbonyl (C=O) groups excluding carboxylic acids is 1. The maximum atomic E-state index is 11.3. The van der Waals surface area contributed by atoms with Crippen LogP contribution in [0.4, 0.5) is 0 Å². The maximum Gasteiger partial charge on any atom is 0.248 e. The van der Waals surface area contributed by atoms with Gasteiger partial charge in [0.1, 0.15) is 0 Å². The Balaban J connectivity index is 1.55. The lowest BCUT2D eigenvalue weighted by molar-refractivity contribution is 0.1000. The molecule has 1 aromatic heterocycles. The van der Waals surface area contributed by atoms with Crippen LogP contribution in [-0.2, 0) is 19.4 Å². The number of hydrogen-bond acceptors (Lipinski definition) is 5. The van der Waals surface area contributed by atoms with E-state index in [2.05, 4.69) is 21.1 Å². The molecule has 6 nitrogen and oxygen atoms in total. The maximum absolute atomic E-state index is 11.3. The van der Waals surface area contributed by atoms with Gasteiger partial charge >= 0.3 is 0 Å². The van der Waals surface area contributed by atoms with Crippen LogP contribution in [0.25, 0.3) is 0 Å². The molecule has 0 unspecified atom stereocenters. The van der Waals surface area contributed by atoms with E-state index in [1.807, 2.05) is 19.1 Å². The quantitative estimate of drug-likeness (QED) is 0.878. The summed E-state index contributed by atoms with van der Waals surface area (Å²) < 4.78 is 5.26. The van der Waals surface area contributed by atoms with Crippen molar-refractivity contribution in [3.05, 3.63) is 47.1 Å². The van der Waals surface area contributed by atoms with Crippen LogP contribution in [0.2, 0.25) is 0 Å². The van der Waals surface area contributed by atoms with Crippen molar-refractivity contribution in [2.75, 3.05) is 13.1 Å². The minimum absolute atomic E-state index is 0.372. The van der Waals surface area contributed by atoms with Crippen molar-refractivity contribution in [2.45, 2.75) is 32.7 Å². The first-order valence-corrected chi connectivity index (χ1v) is 8.06. The van der Waals surface area contributed by atoms with Gasteiger partial charge in [-0.05, 0) is 43.0 Å². The number of aromatic nitrogens is 2.